The van der Waals surface area contributed by atoms with Gasteiger partial charge in [-0.25, -0.2) is 0 Å². The summed E-state index contributed by atoms with van der Waals surface area (Å²) in [6.07, 6.45) is 4.85. The summed E-state index contributed by atoms with van der Waals surface area (Å²) >= 11 is 0. The van der Waals surface area contributed by atoms with Crippen LogP contribution in [0.2, 0.25) is 0 Å². The summed E-state index contributed by atoms with van der Waals surface area (Å²) in [6.45, 7) is 10.3. The van der Waals surface area contributed by atoms with Gasteiger partial charge in [0.25, 0.3) is 0 Å². The van der Waals surface area contributed by atoms with Crippen LogP contribution in [0.15, 0.2) is 24.3 Å². The molecule has 1 amide bonds. The maximum absolute atomic E-state index is 12.6. The van der Waals surface area contributed by atoms with Crippen LogP contribution < -0.4 is 9.64 Å². The van der Waals surface area contributed by atoms with Gasteiger partial charge in [0.15, 0.2) is 5.82 Å². The first-order chi connectivity index (χ1) is 14.4. The van der Waals surface area contributed by atoms with E-state index < -0.39 is 0 Å². The molecule has 6 nitrogen and oxygen atoms in total. The van der Waals surface area contributed by atoms with Gasteiger partial charge in [-0.15, -0.1) is 0 Å². The minimum atomic E-state index is 0.259. The number of H-pyrrole nitrogens is 1. The van der Waals surface area contributed by atoms with E-state index in [4.69, 9.17) is 4.74 Å². The fraction of sp³-hybridized carbons (Fsp3) is 0.583. The quantitative estimate of drug-likeness (QED) is 0.669. The molecule has 1 aromatic carbocycles. The summed E-state index contributed by atoms with van der Waals surface area (Å²) in [5.74, 6) is 2.23. The Labute approximate surface area is 179 Å². The largest absolute Gasteiger partial charge is 0.493 e. The Bertz CT molecular complexity index is 879. The summed E-state index contributed by atoms with van der Waals surface area (Å²) in [5.41, 5.74) is 3.92. The number of anilines is 1. The predicted molar refractivity (Wildman–Crippen MR) is 119 cm³/mol. The molecule has 1 aromatic heterocycles. The van der Waals surface area contributed by atoms with Crippen LogP contribution in [0.25, 0.3) is 0 Å². The number of nitrogens with zero attached hydrogens (tertiary/aromatic N) is 3. The number of unbranched alkanes of at least 4 members (excludes halogenated alkanes) is 1. The van der Waals surface area contributed by atoms with Crippen LogP contribution in [0, 0.1) is 13.8 Å². The van der Waals surface area contributed by atoms with Gasteiger partial charge in [-0.2, -0.15) is 5.10 Å². The number of rotatable bonds is 8. The molecule has 0 spiro atoms. The van der Waals surface area contributed by atoms with E-state index >= 15 is 0 Å². The van der Waals surface area contributed by atoms with Gasteiger partial charge in [-0.05, 0) is 56.7 Å². The van der Waals surface area contributed by atoms with Gasteiger partial charge in [-0.3, -0.25) is 9.89 Å². The highest BCUT2D eigenvalue weighted by Gasteiger charge is 2.41. The van der Waals surface area contributed by atoms with Gasteiger partial charge in [-0.1, -0.05) is 19.1 Å². The fourth-order valence-electron chi connectivity index (χ4n) is 4.01. The lowest BCUT2D eigenvalue weighted by Gasteiger charge is -2.34. The molecule has 1 aliphatic carbocycles. The van der Waals surface area contributed by atoms with Crippen LogP contribution >= 0.6 is 0 Å². The van der Waals surface area contributed by atoms with E-state index in [0.717, 1.165) is 56.2 Å². The molecule has 1 saturated carbocycles. The van der Waals surface area contributed by atoms with E-state index in [1.807, 2.05) is 4.90 Å². The highest BCUT2D eigenvalue weighted by molar-refractivity contribution is 5.76. The van der Waals surface area contributed by atoms with Gasteiger partial charge < -0.3 is 14.5 Å². The third-order valence-corrected chi connectivity index (χ3v) is 6.56. The zero-order valence-electron chi connectivity index (χ0n) is 18.5. The maximum atomic E-state index is 12.6. The number of carbonyl (C=O) groups is 1. The molecule has 30 heavy (non-hydrogen) atoms. The number of aromatic amines is 1. The van der Waals surface area contributed by atoms with Crippen LogP contribution in [0.4, 0.5) is 5.82 Å². The molecule has 1 aliphatic heterocycles. The monoisotopic (exact) mass is 410 g/mol. The maximum Gasteiger partial charge on any atom is 0.222 e. The number of hydrogen-bond donors (Lipinski definition) is 1. The van der Waals surface area contributed by atoms with Crippen LogP contribution in [0.1, 0.15) is 55.8 Å². The number of ether oxygens (including phenoxy) is 1. The Hall–Kier alpha value is -2.50. The van der Waals surface area contributed by atoms with Crippen molar-refractivity contribution in [2.75, 3.05) is 37.7 Å². The van der Waals surface area contributed by atoms with Gasteiger partial charge in [0.05, 0.1) is 6.61 Å². The lowest BCUT2D eigenvalue weighted by atomic mass is 10.1. The highest BCUT2D eigenvalue weighted by atomic mass is 16.5. The van der Waals surface area contributed by atoms with Crippen LogP contribution in [-0.2, 0) is 10.2 Å². The minimum Gasteiger partial charge on any atom is -0.493 e. The van der Waals surface area contributed by atoms with E-state index in [1.165, 1.54) is 24.1 Å². The fourth-order valence-corrected chi connectivity index (χ4v) is 4.01. The summed E-state index contributed by atoms with van der Waals surface area (Å²) < 4.78 is 5.90. The number of aryl methyl sites for hydroxylation is 2. The van der Waals surface area contributed by atoms with Crippen molar-refractivity contribution in [2.24, 2.45) is 0 Å². The standard InChI is InChI=1S/C24H34N4O2/c1-18-7-8-19(2)20(16-18)30-15-5-4-6-23(29)28-13-11-27(12-14-28)22-17-21(25-26-22)24(3)9-10-24/h7-8,16-17H,4-6,9-15H2,1-3H3,(H,25,26). The molecular weight excluding hydrogens is 376 g/mol. The third-order valence-electron chi connectivity index (χ3n) is 6.56. The number of amides is 1. The Kier molecular flexibility index (Phi) is 6.02. The number of benzene rings is 1. The average molecular weight is 411 g/mol. The third kappa shape index (κ3) is 4.79. The second-order valence-electron chi connectivity index (χ2n) is 9.14. The van der Waals surface area contributed by atoms with Crippen molar-refractivity contribution in [2.45, 2.75) is 58.3 Å². The molecule has 0 radical (unpaired) electrons. The van der Waals surface area contributed by atoms with Crippen molar-refractivity contribution >= 4 is 11.7 Å². The topological polar surface area (TPSA) is 61.5 Å². The van der Waals surface area contributed by atoms with Gasteiger partial charge in [0.2, 0.25) is 5.91 Å². The van der Waals surface area contributed by atoms with Gasteiger partial charge in [0.1, 0.15) is 5.75 Å². The van der Waals surface area contributed by atoms with Crippen LogP contribution in [0.5, 0.6) is 5.75 Å². The zero-order chi connectivity index (χ0) is 21.1. The van der Waals surface area contributed by atoms with Crippen molar-refractivity contribution < 1.29 is 9.53 Å². The zero-order valence-corrected chi connectivity index (χ0v) is 18.5. The Morgan fingerprint density at radius 2 is 1.90 bits per heavy atom. The molecule has 2 fully saturated rings. The molecule has 162 valence electrons. The molecule has 6 heteroatoms. The smallest absolute Gasteiger partial charge is 0.222 e. The predicted octanol–water partition coefficient (Wildman–Crippen LogP) is 3.98. The second-order valence-corrected chi connectivity index (χ2v) is 9.14. The number of piperazine rings is 1. The van der Waals surface area contributed by atoms with Crippen molar-refractivity contribution in [1.82, 2.24) is 15.1 Å². The van der Waals surface area contributed by atoms with Crippen molar-refractivity contribution in [3.63, 3.8) is 0 Å². The van der Waals surface area contributed by atoms with E-state index in [0.29, 0.717) is 18.4 Å². The van der Waals surface area contributed by atoms with E-state index in [2.05, 4.69) is 60.1 Å². The number of nitrogens with one attached hydrogen (secondary N) is 1. The second kappa shape index (κ2) is 8.70. The molecule has 4 rings (SSSR count). The van der Waals surface area contributed by atoms with Gasteiger partial charge in [0, 0.05) is 49.8 Å². The summed E-state index contributed by atoms with van der Waals surface area (Å²) in [6, 6.07) is 8.45. The molecule has 2 aliphatic rings. The molecule has 0 atom stereocenters. The molecular formula is C24H34N4O2. The van der Waals surface area contributed by atoms with Crippen molar-refractivity contribution in [1.29, 1.82) is 0 Å². The SMILES string of the molecule is Cc1ccc(C)c(OCCCCC(=O)N2CCN(c3cc(C4(C)CC4)[nH]n3)CC2)c1. The molecule has 0 unspecified atom stereocenters. The lowest BCUT2D eigenvalue weighted by Crippen LogP contribution is -2.48. The Morgan fingerprint density at radius 1 is 1.13 bits per heavy atom. The van der Waals surface area contributed by atoms with E-state index in [9.17, 15) is 4.79 Å². The number of hydrogen-bond acceptors (Lipinski definition) is 4. The molecule has 0 bridgehead atoms. The summed E-state index contributed by atoms with van der Waals surface area (Å²) in [4.78, 5) is 16.8. The molecule has 1 saturated heterocycles. The number of carbonyl (C=O) groups excluding carboxylic acids is 1. The first-order valence-corrected chi connectivity index (χ1v) is 11.2. The van der Waals surface area contributed by atoms with Crippen LogP contribution in [0.3, 0.4) is 0 Å². The van der Waals surface area contributed by atoms with Crippen molar-refractivity contribution in [3.05, 3.63) is 41.1 Å². The average Bonchev–Trinajstić information content (AvgIpc) is 3.29. The van der Waals surface area contributed by atoms with Gasteiger partial charge >= 0.3 is 0 Å². The lowest BCUT2D eigenvalue weighted by molar-refractivity contribution is -0.131. The van der Waals surface area contributed by atoms with Crippen molar-refractivity contribution in [3.8, 4) is 5.75 Å². The minimum absolute atomic E-state index is 0.259. The van der Waals surface area contributed by atoms with Crippen LogP contribution in [-0.4, -0.2) is 53.8 Å². The molecule has 1 N–H and O–H groups in total. The normalized spacial score (nSPS) is 17.8. The number of aromatic nitrogens is 2. The first kappa shape index (κ1) is 20.8. The molecule has 2 heterocycles. The van der Waals surface area contributed by atoms with E-state index in [1.54, 1.807) is 0 Å². The Balaban J connectivity index is 1.15. The molecule has 2 aromatic rings. The first-order valence-electron chi connectivity index (χ1n) is 11.2. The van der Waals surface area contributed by atoms with E-state index in [-0.39, 0.29) is 5.91 Å². The highest BCUT2D eigenvalue weighted by Crippen LogP contribution is 2.47. The summed E-state index contributed by atoms with van der Waals surface area (Å²) in [5, 5.41) is 7.72. The Morgan fingerprint density at radius 3 is 2.63 bits per heavy atom. The summed E-state index contributed by atoms with van der Waals surface area (Å²) in [7, 11) is 0.